The van der Waals surface area contributed by atoms with Crippen LogP contribution in [0.25, 0.3) is 0 Å². The normalized spacial score (nSPS) is 11.6. The number of rotatable bonds is 7. The summed E-state index contributed by atoms with van der Waals surface area (Å²) in [5, 5.41) is 2.36. The highest BCUT2D eigenvalue weighted by Crippen LogP contribution is 2.14. The van der Waals surface area contributed by atoms with E-state index in [0.29, 0.717) is 18.7 Å². The zero-order valence-electron chi connectivity index (χ0n) is 11.9. The first kappa shape index (κ1) is 16.7. The Balaban J connectivity index is 2.49. The van der Waals surface area contributed by atoms with Gasteiger partial charge in [-0.2, -0.15) is 0 Å². The highest BCUT2D eigenvalue weighted by Gasteiger charge is 2.16. The number of benzene rings is 1. The molecule has 0 aliphatic rings. The maximum Gasteiger partial charge on any atom is 0.224 e. The third-order valence-corrected chi connectivity index (χ3v) is 5.36. The summed E-state index contributed by atoms with van der Waals surface area (Å²) in [5.41, 5.74) is 7.13. The predicted octanol–water partition coefficient (Wildman–Crippen LogP) is 1.69. The molecule has 0 aliphatic carbocycles. The Morgan fingerprint density at radius 3 is 2.55 bits per heavy atom. The molecule has 112 valence electrons. The summed E-state index contributed by atoms with van der Waals surface area (Å²) in [6, 6.07) is 7.30. The molecular formula is C14H22N2O3S. The summed E-state index contributed by atoms with van der Waals surface area (Å²) >= 11 is 0. The van der Waals surface area contributed by atoms with Crippen molar-refractivity contribution in [3.8, 4) is 0 Å². The van der Waals surface area contributed by atoms with E-state index in [1.165, 1.54) is 0 Å². The number of hydrogen-bond acceptors (Lipinski definition) is 4. The molecule has 0 aromatic heterocycles. The molecule has 0 atom stereocenters. The van der Waals surface area contributed by atoms with Crippen molar-refractivity contribution in [2.75, 3.05) is 11.1 Å². The minimum Gasteiger partial charge on any atom is -0.326 e. The molecular weight excluding hydrogens is 276 g/mol. The summed E-state index contributed by atoms with van der Waals surface area (Å²) in [4.78, 5) is 11.8. The van der Waals surface area contributed by atoms with Crippen LogP contribution in [-0.4, -0.2) is 25.3 Å². The van der Waals surface area contributed by atoms with E-state index in [0.717, 1.165) is 5.56 Å². The minimum absolute atomic E-state index is 0.0383. The maximum absolute atomic E-state index is 11.8. The lowest BCUT2D eigenvalue weighted by atomic mass is 10.1. The summed E-state index contributed by atoms with van der Waals surface area (Å²) in [6.45, 7) is 3.64. The second-order valence-corrected chi connectivity index (χ2v) is 7.61. The third-order valence-electron chi connectivity index (χ3n) is 3.06. The molecule has 0 radical (unpaired) electrons. The Bertz CT molecular complexity index is 553. The fraction of sp³-hybridized carbons (Fsp3) is 0.500. The first-order chi connectivity index (χ1) is 9.36. The molecule has 0 fully saturated rings. The molecule has 0 unspecified atom stereocenters. The fourth-order valence-electron chi connectivity index (χ4n) is 1.70. The van der Waals surface area contributed by atoms with Crippen LogP contribution < -0.4 is 11.1 Å². The Kier molecular flexibility index (Phi) is 6.16. The number of anilines is 1. The first-order valence-corrected chi connectivity index (χ1v) is 8.37. The largest absolute Gasteiger partial charge is 0.326 e. The fourth-order valence-corrected chi connectivity index (χ4v) is 2.72. The monoisotopic (exact) mass is 298 g/mol. The van der Waals surface area contributed by atoms with Crippen molar-refractivity contribution < 1.29 is 13.2 Å². The van der Waals surface area contributed by atoms with E-state index in [9.17, 15) is 13.2 Å². The summed E-state index contributed by atoms with van der Waals surface area (Å²) in [7, 11) is -3.08. The second-order valence-electron chi connectivity index (χ2n) is 4.93. The van der Waals surface area contributed by atoms with E-state index in [4.69, 9.17) is 5.73 Å². The predicted molar refractivity (Wildman–Crippen MR) is 81.1 cm³/mol. The van der Waals surface area contributed by atoms with E-state index < -0.39 is 15.1 Å². The molecule has 0 saturated carbocycles. The van der Waals surface area contributed by atoms with Gasteiger partial charge in [0.15, 0.2) is 9.84 Å². The third kappa shape index (κ3) is 4.94. The Morgan fingerprint density at radius 1 is 1.30 bits per heavy atom. The van der Waals surface area contributed by atoms with Crippen molar-refractivity contribution in [1.82, 2.24) is 0 Å². The highest BCUT2D eigenvalue weighted by atomic mass is 32.2. The van der Waals surface area contributed by atoms with Gasteiger partial charge in [-0.1, -0.05) is 18.2 Å². The zero-order valence-corrected chi connectivity index (χ0v) is 12.7. The minimum atomic E-state index is -3.08. The molecule has 20 heavy (non-hydrogen) atoms. The Labute approximate surface area is 120 Å². The molecule has 0 heterocycles. The molecule has 1 rings (SSSR count). The van der Waals surface area contributed by atoms with Gasteiger partial charge in [0, 0.05) is 18.7 Å². The van der Waals surface area contributed by atoms with Gasteiger partial charge in [0.25, 0.3) is 0 Å². The maximum atomic E-state index is 11.8. The zero-order chi connectivity index (χ0) is 15.2. The number of amides is 1. The van der Waals surface area contributed by atoms with Gasteiger partial charge in [0.05, 0.1) is 11.0 Å². The number of carbonyl (C=O) groups is 1. The van der Waals surface area contributed by atoms with Crippen molar-refractivity contribution in [2.24, 2.45) is 5.73 Å². The van der Waals surface area contributed by atoms with Crippen LogP contribution in [0.5, 0.6) is 0 Å². The lowest BCUT2D eigenvalue weighted by Crippen LogP contribution is -2.20. The van der Waals surface area contributed by atoms with Crippen LogP contribution in [0, 0.1) is 0 Å². The molecule has 0 aliphatic heterocycles. The van der Waals surface area contributed by atoms with Gasteiger partial charge in [-0.3, -0.25) is 4.79 Å². The summed E-state index contributed by atoms with van der Waals surface area (Å²) in [5.74, 6) is -0.152. The number of nitrogens with two attached hydrogens (primary N) is 1. The number of hydrogen-bond donors (Lipinski definition) is 2. The number of nitrogens with one attached hydrogen (secondary N) is 1. The summed E-state index contributed by atoms with van der Waals surface area (Å²) < 4.78 is 23.2. The van der Waals surface area contributed by atoms with Crippen LogP contribution in [-0.2, 0) is 21.2 Å². The molecule has 0 saturated heterocycles. The number of sulfone groups is 1. The van der Waals surface area contributed by atoms with Crippen molar-refractivity contribution in [1.29, 1.82) is 0 Å². The van der Waals surface area contributed by atoms with Crippen LogP contribution in [0.4, 0.5) is 5.69 Å². The Hall–Kier alpha value is -1.40. The van der Waals surface area contributed by atoms with Crippen molar-refractivity contribution in [3.63, 3.8) is 0 Å². The molecule has 0 spiro atoms. The molecule has 3 N–H and O–H groups in total. The van der Waals surface area contributed by atoms with E-state index >= 15 is 0 Å². The second kappa shape index (κ2) is 7.40. The molecule has 0 bridgehead atoms. The van der Waals surface area contributed by atoms with Crippen molar-refractivity contribution in [3.05, 3.63) is 29.8 Å². The first-order valence-electron chi connectivity index (χ1n) is 6.66. The van der Waals surface area contributed by atoms with Gasteiger partial charge in [0.2, 0.25) is 5.91 Å². The number of carbonyl (C=O) groups excluding carboxylic acids is 1. The van der Waals surface area contributed by atoms with Crippen LogP contribution in [0.15, 0.2) is 24.3 Å². The van der Waals surface area contributed by atoms with Gasteiger partial charge in [-0.25, -0.2) is 8.42 Å². The smallest absolute Gasteiger partial charge is 0.224 e. The van der Waals surface area contributed by atoms with Crippen molar-refractivity contribution >= 4 is 21.4 Å². The Morgan fingerprint density at radius 2 is 1.95 bits per heavy atom. The van der Waals surface area contributed by atoms with Gasteiger partial charge < -0.3 is 11.1 Å². The van der Waals surface area contributed by atoms with E-state index in [1.54, 1.807) is 19.9 Å². The molecule has 6 heteroatoms. The van der Waals surface area contributed by atoms with Crippen molar-refractivity contribution in [2.45, 2.75) is 38.5 Å². The van der Waals surface area contributed by atoms with Gasteiger partial charge in [-0.15, -0.1) is 0 Å². The molecule has 1 aromatic carbocycles. The number of para-hydroxylation sites is 1. The van der Waals surface area contributed by atoms with Crippen LogP contribution in [0.2, 0.25) is 0 Å². The van der Waals surface area contributed by atoms with Crippen LogP contribution in [0.1, 0.15) is 32.3 Å². The lowest BCUT2D eigenvalue weighted by molar-refractivity contribution is -0.116. The van der Waals surface area contributed by atoms with E-state index in [2.05, 4.69) is 5.32 Å². The average molecular weight is 298 g/mol. The summed E-state index contributed by atoms with van der Waals surface area (Å²) in [6.07, 6.45) is 0.516. The van der Waals surface area contributed by atoms with E-state index in [-0.39, 0.29) is 18.1 Å². The standard InChI is InChI=1S/C14H22N2O3S/c1-11(2)20(18,19)9-5-8-14(17)16-13-7-4-3-6-12(13)10-15/h3-4,6-7,11H,5,8-10,15H2,1-2H3,(H,16,17). The van der Waals surface area contributed by atoms with E-state index in [1.807, 2.05) is 18.2 Å². The average Bonchev–Trinajstić information content (AvgIpc) is 2.39. The molecule has 1 aromatic rings. The van der Waals surface area contributed by atoms with Crippen LogP contribution in [0.3, 0.4) is 0 Å². The van der Waals surface area contributed by atoms with Crippen LogP contribution >= 0.6 is 0 Å². The van der Waals surface area contributed by atoms with Gasteiger partial charge >= 0.3 is 0 Å². The molecule has 1 amide bonds. The van der Waals surface area contributed by atoms with Gasteiger partial charge in [-0.05, 0) is 31.9 Å². The highest BCUT2D eigenvalue weighted by molar-refractivity contribution is 7.91. The SMILES string of the molecule is CC(C)S(=O)(=O)CCCC(=O)Nc1ccccc1CN. The topological polar surface area (TPSA) is 89.3 Å². The quantitative estimate of drug-likeness (QED) is 0.801. The van der Waals surface area contributed by atoms with Gasteiger partial charge in [0.1, 0.15) is 0 Å². The lowest BCUT2D eigenvalue weighted by Gasteiger charge is -2.10. The molecule has 5 nitrogen and oxygen atoms in total.